The van der Waals surface area contributed by atoms with E-state index in [2.05, 4.69) is 4.98 Å². The van der Waals surface area contributed by atoms with Gasteiger partial charge in [0.15, 0.2) is 6.29 Å². The molecule has 0 aliphatic carbocycles. The van der Waals surface area contributed by atoms with Gasteiger partial charge in [0.25, 0.3) is 0 Å². The lowest BCUT2D eigenvalue weighted by atomic mass is 10.3. The average molecular weight is 198 g/mol. The molecule has 60 valence electrons. The summed E-state index contributed by atoms with van der Waals surface area (Å²) >= 11 is 7.23. The summed E-state index contributed by atoms with van der Waals surface area (Å²) in [7, 11) is 0. The highest BCUT2D eigenvalue weighted by atomic mass is 35.5. The highest BCUT2D eigenvalue weighted by molar-refractivity contribution is 7.20. The van der Waals surface area contributed by atoms with Crippen molar-refractivity contribution < 1.29 is 4.79 Å². The van der Waals surface area contributed by atoms with Crippen molar-refractivity contribution in [3.8, 4) is 0 Å². The molecular formula is C8H4ClNOS. The van der Waals surface area contributed by atoms with Crippen molar-refractivity contribution in [1.82, 2.24) is 4.98 Å². The summed E-state index contributed by atoms with van der Waals surface area (Å²) in [6, 6.07) is 3.60. The Bertz CT molecular complexity index is 438. The SMILES string of the molecule is O=Cc1cc2c(Cl)nccc2s1. The molecule has 0 aliphatic rings. The number of aromatic nitrogens is 1. The first-order valence-corrected chi connectivity index (χ1v) is 4.50. The fourth-order valence-corrected chi connectivity index (χ4v) is 2.15. The molecule has 2 heterocycles. The molecule has 0 saturated carbocycles. The summed E-state index contributed by atoms with van der Waals surface area (Å²) in [6.45, 7) is 0. The fraction of sp³-hybridized carbons (Fsp3) is 0. The zero-order valence-electron chi connectivity index (χ0n) is 5.95. The Balaban J connectivity index is 2.82. The van der Waals surface area contributed by atoms with Gasteiger partial charge in [0.2, 0.25) is 0 Å². The van der Waals surface area contributed by atoms with Crippen LogP contribution in [-0.4, -0.2) is 11.3 Å². The van der Waals surface area contributed by atoms with E-state index in [-0.39, 0.29) is 0 Å². The predicted octanol–water partition coefficient (Wildman–Crippen LogP) is 2.76. The van der Waals surface area contributed by atoms with Crippen LogP contribution >= 0.6 is 22.9 Å². The molecule has 2 rings (SSSR count). The number of hydrogen-bond donors (Lipinski definition) is 0. The van der Waals surface area contributed by atoms with Crippen LogP contribution in [0.5, 0.6) is 0 Å². The van der Waals surface area contributed by atoms with Gasteiger partial charge in [-0.3, -0.25) is 4.79 Å². The third-order valence-corrected chi connectivity index (χ3v) is 2.86. The summed E-state index contributed by atoms with van der Waals surface area (Å²) in [5.74, 6) is 0. The number of hydrogen-bond acceptors (Lipinski definition) is 3. The van der Waals surface area contributed by atoms with Crippen LogP contribution in [0.4, 0.5) is 0 Å². The van der Waals surface area contributed by atoms with Crippen LogP contribution in [-0.2, 0) is 0 Å². The van der Waals surface area contributed by atoms with E-state index in [1.165, 1.54) is 11.3 Å². The molecule has 0 amide bonds. The molecule has 2 aromatic heterocycles. The standard InChI is InChI=1S/C8H4ClNOS/c9-8-6-3-5(4-11)12-7(6)1-2-10-8/h1-4H. The second kappa shape index (κ2) is 2.84. The molecule has 0 atom stereocenters. The number of halogens is 1. The Morgan fingerprint density at radius 3 is 3.08 bits per heavy atom. The van der Waals surface area contributed by atoms with Gasteiger partial charge in [0.1, 0.15) is 5.15 Å². The van der Waals surface area contributed by atoms with Crippen LogP contribution in [0.2, 0.25) is 5.15 Å². The molecule has 2 nitrogen and oxygen atoms in total. The van der Waals surface area contributed by atoms with Crippen molar-refractivity contribution in [3.63, 3.8) is 0 Å². The maximum atomic E-state index is 10.4. The Morgan fingerprint density at radius 2 is 2.42 bits per heavy atom. The molecule has 0 unspecified atom stereocenters. The van der Waals surface area contributed by atoms with E-state index < -0.39 is 0 Å². The van der Waals surface area contributed by atoms with Crippen LogP contribution in [0.15, 0.2) is 18.3 Å². The predicted molar refractivity (Wildman–Crippen MR) is 50.0 cm³/mol. The van der Waals surface area contributed by atoms with Gasteiger partial charge in [0.05, 0.1) is 4.88 Å². The minimum Gasteiger partial charge on any atom is -0.297 e. The normalized spacial score (nSPS) is 10.4. The van der Waals surface area contributed by atoms with E-state index in [9.17, 15) is 4.79 Å². The number of fused-ring (bicyclic) bond motifs is 1. The Kier molecular flexibility index (Phi) is 1.83. The second-order valence-electron chi connectivity index (χ2n) is 2.28. The molecule has 0 aromatic carbocycles. The summed E-state index contributed by atoms with van der Waals surface area (Å²) in [6.07, 6.45) is 2.46. The number of aldehydes is 1. The van der Waals surface area contributed by atoms with E-state index in [0.29, 0.717) is 10.0 Å². The van der Waals surface area contributed by atoms with Crippen molar-refractivity contribution >= 4 is 39.3 Å². The number of carbonyl (C=O) groups excluding carboxylic acids is 1. The van der Waals surface area contributed by atoms with E-state index >= 15 is 0 Å². The Morgan fingerprint density at radius 1 is 1.58 bits per heavy atom. The van der Waals surface area contributed by atoms with Crippen LogP contribution in [0.3, 0.4) is 0 Å². The first-order valence-electron chi connectivity index (χ1n) is 3.30. The quantitative estimate of drug-likeness (QED) is 0.520. The van der Waals surface area contributed by atoms with Gasteiger partial charge >= 0.3 is 0 Å². The summed E-state index contributed by atoms with van der Waals surface area (Å²) < 4.78 is 0.997. The third-order valence-electron chi connectivity index (χ3n) is 1.53. The molecule has 0 aliphatic heterocycles. The maximum Gasteiger partial charge on any atom is 0.160 e. The number of rotatable bonds is 1. The van der Waals surface area contributed by atoms with Gasteiger partial charge in [-0.05, 0) is 12.1 Å². The average Bonchev–Trinajstić information content (AvgIpc) is 2.49. The molecule has 2 aromatic rings. The Labute approximate surface area is 77.8 Å². The van der Waals surface area contributed by atoms with E-state index in [1.54, 1.807) is 12.3 Å². The summed E-state index contributed by atoms with van der Waals surface area (Å²) in [5.41, 5.74) is 0. The van der Waals surface area contributed by atoms with Gasteiger partial charge in [-0.2, -0.15) is 0 Å². The molecule has 0 bridgehead atoms. The van der Waals surface area contributed by atoms with Crippen LogP contribution in [0.25, 0.3) is 10.1 Å². The molecule has 0 saturated heterocycles. The topological polar surface area (TPSA) is 30.0 Å². The first kappa shape index (κ1) is 7.71. The first-order chi connectivity index (χ1) is 5.81. The smallest absolute Gasteiger partial charge is 0.160 e. The monoisotopic (exact) mass is 197 g/mol. The molecule has 4 heteroatoms. The van der Waals surface area contributed by atoms with Gasteiger partial charge in [-0.1, -0.05) is 11.6 Å². The minimum absolute atomic E-state index is 0.455. The Hall–Kier alpha value is -0.930. The third kappa shape index (κ3) is 1.11. The van der Waals surface area contributed by atoms with E-state index in [0.717, 1.165) is 16.4 Å². The highest BCUT2D eigenvalue weighted by Crippen LogP contribution is 2.28. The lowest BCUT2D eigenvalue weighted by Gasteiger charge is -1.88. The van der Waals surface area contributed by atoms with Gasteiger partial charge < -0.3 is 0 Å². The molecule has 0 fully saturated rings. The molecular weight excluding hydrogens is 194 g/mol. The van der Waals surface area contributed by atoms with Gasteiger partial charge in [-0.25, -0.2) is 4.98 Å². The van der Waals surface area contributed by atoms with E-state index in [1.807, 2.05) is 6.07 Å². The maximum absolute atomic E-state index is 10.4. The zero-order chi connectivity index (χ0) is 8.55. The molecule has 0 spiro atoms. The van der Waals surface area contributed by atoms with Crippen LogP contribution in [0, 0.1) is 0 Å². The lowest BCUT2D eigenvalue weighted by Crippen LogP contribution is -1.71. The van der Waals surface area contributed by atoms with Gasteiger partial charge in [-0.15, -0.1) is 11.3 Å². The van der Waals surface area contributed by atoms with E-state index in [4.69, 9.17) is 11.6 Å². The van der Waals surface area contributed by atoms with Crippen molar-refractivity contribution in [2.75, 3.05) is 0 Å². The molecule has 12 heavy (non-hydrogen) atoms. The van der Waals surface area contributed by atoms with Crippen molar-refractivity contribution in [1.29, 1.82) is 0 Å². The lowest BCUT2D eigenvalue weighted by molar-refractivity contribution is 0.112. The van der Waals surface area contributed by atoms with Crippen molar-refractivity contribution in [2.24, 2.45) is 0 Å². The molecule has 0 radical (unpaired) electrons. The fourth-order valence-electron chi connectivity index (χ4n) is 1.01. The van der Waals surface area contributed by atoms with Crippen molar-refractivity contribution in [3.05, 3.63) is 28.4 Å². The zero-order valence-corrected chi connectivity index (χ0v) is 7.52. The highest BCUT2D eigenvalue weighted by Gasteiger charge is 2.03. The largest absolute Gasteiger partial charge is 0.297 e. The minimum atomic E-state index is 0.455. The number of nitrogens with zero attached hydrogens (tertiary/aromatic N) is 1. The molecule has 0 N–H and O–H groups in total. The number of pyridine rings is 1. The number of thiophene rings is 1. The van der Waals surface area contributed by atoms with Crippen molar-refractivity contribution in [2.45, 2.75) is 0 Å². The number of carbonyl (C=O) groups is 1. The van der Waals surface area contributed by atoms with Crippen LogP contribution < -0.4 is 0 Å². The summed E-state index contributed by atoms with van der Waals surface area (Å²) in [5, 5.41) is 1.31. The second-order valence-corrected chi connectivity index (χ2v) is 3.75. The van der Waals surface area contributed by atoms with Gasteiger partial charge in [0, 0.05) is 16.3 Å². The van der Waals surface area contributed by atoms with Crippen LogP contribution in [0.1, 0.15) is 9.67 Å². The summed E-state index contributed by atoms with van der Waals surface area (Å²) in [4.78, 5) is 15.0.